The van der Waals surface area contributed by atoms with E-state index in [9.17, 15) is 0 Å². The van der Waals surface area contributed by atoms with Gasteiger partial charge in [0.1, 0.15) is 0 Å². The first-order chi connectivity index (χ1) is 11.4. The Kier molecular flexibility index (Phi) is 13.5. The zero-order chi connectivity index (χ0) is 16.6. The Hall–Kier alpha value is -0.476. The molecule has 7 heteroatoms. The zero-order valence-electron chi connectivity index (χ0n) is 15.1. The molecule has 0 saturated carbocycles. The molecule has 0 radical (unpaired) electrons. The van der Waals surface area contributed by atoms with E-state index in [4.69, 9.17) is 8.85 Å². The van der Waals surface area contributed by atoms with Crippen molar-refractivity contribution in [1.29, 1.82) is 0 Å². The summed E-state index contributed by atoms with van der Waals surface area (Å²) in [6.07, 6.45) is 9.59. The lowest BCUT2D eigenvalue weighted by Gasteiger charge is -2.22. The molecule has 0 N–H and O–H groups in total. The van der Waals surface area contributed by atoms with Gasteiger partial charge in [-0.1, -0.05) is 0 Å². The molecule has 0 bridgehead atoms. The summed E-state index contributed by atoms with van der Waals surface area (Å²) in [7, 11) is -0.536. The highest BCUT2D eigenvalue weighted by molar-refractivity contribution is 6.27. The van der Waals surface area contributed by atoms with E-state index < -0.39 is 0 Å². The summed E-state index contributed by atoms with van der Waals surface area (Å²) in [6.45, 7) is 10.7. The molecule has 0 aliphatic heterocycles. The van der Waals surface area contributed by atoms with Crippen LogP contribution < -0.4 is 0 Å². The van der Waals surface area contributed by atoms with Crippen molar-refractivity contribution >= 4 is 19.5 Å². The lowest BCUT2D eigenvalue weighted by Crippen LogP contribution is -2.28. The van der Waals surface area contributed by atoms with E-state index in [1.165, 1.54) is 51.0 Å². The Morgan fingerprint density at radius 3 is 2.09 bits per heavy atom. The second-order valence-electron chi connectivity index (χ2n) is 5.80. The fourth-order valence-corrected chi connectivity index (χ4v) is 4.44. The highest BCUT2D eigenvalue weighted by Crippen LogP contribution is 2.03. The van der Waals surface area contributed by atoms with Gasteiger partial charge in [-0.05, 0) is 64.8 Å². The van der Waals surface area contributed by atoms with Gasteiger partial charge < -0.3 is 18.3 Å². The predicted octanol–water partition coefficient (Wildman–Crippen LogP) is 1.43. The van der Waals surface area contributed by atoms with Gasteiger partial charge in [0.15, 0.2) is 19.5 Å². The average molecular weight is 358 g/mol. The molecule has 1 heterocycles. The Morgan fingerprint density at radius 1 is 0.957 bits per heavy atom. The molecule has 1 aromatic rings. The molecule has 134 valence electrons. The van der Waals surface area contributed by atoms with E-state index in [1.54, 1.807) is 0 Å². The predicted molar refractivity (Wildman–Crippen MR) is 102 cm³/mol. The van der Waals surface area contributed by atoms with Crippen molar-refractivity contribution in [3.63, 3.8) is 0 Å². The maximum absolute atomic E-state index is 5.57. The van der Waals surface area contributed by atoms with Crippen molar-refractivity contribution < 1.29 is 8.85 Å². The number of imidazole rings is 1. The highest BCUT2D eigenvalue weighted by Gasteiger charge is 2.05. The third-order valence-electron chi connectivity index (χ3n) is 3.88. The van der Waals surface area contributed by atoms with Crippen LogP contribution in [0.25, 0.3) is 0 Å². The van der Waals surface area contributed by atoms with Gasteiger partial charge in [0, 0.05) is 32.2 Å². The van der Waals surface area contributed by atoms with Crippen molar-refractivity contribution in [2.75, 3.05) is 32.8 Å². The highest BCUT2D eigenvalue weighted by atomic mass is 28.2. The normalized spacial score (nSPS) is 12.5. The molecule has 0 spiro atoms. The minimum atomic E-state index is -0.268. The van der Waals surface area contributed by atoms with Crippen LogP contribution in [-0.2, 0) is 15.4 Å². The van der Waals surface area contributed by atoms with Crippen LogP contribution in [0.1, 0.15) is 33.1 Å². The summed E-state index contributed by atoms with van der Waals surface area (Å²) in [5, 5.41) is 0. The summed E-state index contributed by atoms with van der Waals surface area (Å²) < 4.78 is 13.3. The molecule has 0 saturated heterocycles. The van der Waals surface area contributed by atoms with Crippen LogP contribution in [0, 0.1) is 0 Å². The van der Waals surface area contributed by atoms with Gasteiger partial charge in [-0.15, -0.1) is 0 Å². The second-order valence-corrected chi connectivity index (χ2v) is 8.85. The first kappa shape index (κ1) is 20.6. The standard InChI is InChI=1S/C16H35N3O2Si2/c1-3-20-22-14-6-11-18(12-7-15-23-21-4-2)9-5-10-19-13-8-17-16-19/h8,13,16H,3-7,9-12,14-15,22-23H2,1-2H3. The number of hydrogen-bond acceptors (Lipinski definition) is 4. The molecule has 0 aromatic carbocycles. The van der Waals surface area contributed by atoms with Gasteiger partial charge in [0.2, 0.25) is 0 Å². The Bertz CT molecular complexity index is 339. The lowest BCUT2D eigenvalue weighted by atomic mass is 10.3. The second kappa shape index (κ2) is 15.1. The monoisotopic (exact) mass is 357 g/mol. The van der Waals surface area contributed by atoms with Gasteiger partial charge in [-0.3, -0.25) is 0 Å². The van der Waals surface area contributed by atoms with E-state index >= 15 is 0 Å². The molecule has 0 amide bonds. The summed E-state index contributed by atoms with van der Waals surface area (Å²) in [4.78, 5) is 6.74. The topological polar surface area (TPSA) is 39.5 Å². The molecule has 0 fully saturated rings. The smallest absolute Gasteiger partial charge is 0.161 e. The van der Waals surface area contributed by atoms with Gasteiger partial charge in [-0.2, -0.15) is 0 Å². The summed E-state index contributed by atoms with van der Waals surface area (Å²) >= 11 is 0. The molecular weight excluding hydrogens is 322 g/mol. The van der Waals surface area contributed by atoms with Crippen LogP contribution >= 0.6 is 0 Å². The minimum Gasteiger partial charge on any atom is -0.424 e. The van der Waals surface area contributed by atoms with E-state index in [1.807, 2.05) is 18.7 Å². The Morgan fingerprint density at radius 2 is 1.57 bits per heavy atom. The average Bonchev–Trinajstić information content (AvgIpc) is 3.07. The third-order valence-corrected chi connectivity index (χ3v) is 6.86. The van der Waals surface area contributed by atoms with Crippen LogP contribution in [0.2, 0.25) is 12.1 Å². The molecular formula is C16H35N3O2Si2. The molecule has 0 aliphatic carbocycles. The fraction of sp³-hybridized carbons (Fsp3) is 0.812. The zero-order valence-corrected chi connectivity index (χ0v) is 17.9. The minimum absolute atomic E-state index is 0.268. The van der Waals surface area contributed by atoms with Crippen molar-refractivity contribution in [3.05, 3.63) is 18.7 Å². The first-order valence-electron chi connectivity index (χ1n) is 9.20. The summed E-state index contributed by atoms with van der Waals surface area (Å²) in [6, 6.07) is 2.61. The molecule has 1 aromatic heterocycles. The van der Waals surface area contributed by atoms with Crippen LogP contribution in [0.4, 0.5) is 0 Å². The Balaban J connectivity index is 2.16. The number of aromatic nitrogens is 2. The molecule has 23 heavy (non-hydrogen) atoms. The lowest BCUT2D eigenvalue weighted by molar-refractivity contribution is 0.262. The summed E-state index contributed by atoms with van der Waals surface area (Å²) in [5.41, 5.74) is 0. The molecule has 1 rings (SSSR count). The van der Waals surface area contributed by atoms with E-state index in [2.05, 4.69) is 28.3 Å². The van der Waals surface area contributed by atoms with Crippen molar-refractivity contribution in [3.8, 4) is 0 Å². The molecule has 5 nitrogen and oxygen atoms in total. The van der Waals surface area contributed by atoms with Gasteiger partial charge in [0.25, 0.3) is 0 Å². The summed E-state index contributed by atoms with van der Waals surface area (Å²) in [5.74, 6) is 0. The van der Waals surface area contributed by atoms with E-state index in [0.29, 0.717) is 0 Å². The van der Waals surface area contributed by atoms with Crippen molar-refractivity contribution in [1.82, 2.24) is 14.5 Å². The molecule has 0 atom stereocenters. The number of aryl methyl sites for hydroxylation is 1. The van der Waals surface area contributed by atoms with Crippen molar-refractivity contribution in [2.45, 2.75) is 51.7 Å². The van der Waals surface area contributed by atoms with Crippen LogP contribution in [-0.4, -0.2) is 66.8 Å². The van der Waals surface area contributed by atoms with E-state index in [-0.39, 0.29) is 19.5 Å². The fourth-order valence-electron chi connectivity index (χ4n) is 2.60. The van der Waals surface area contributed by atoms with Crippen LogP contribution in [0.3, 0.4) is 0 Å². The van der Waals surface area contributed by atoms with Gasteiger partial charge in [-0.25, -0.2) is 4.98 Å². The maximum Gasteiger partial charge on any atom is 0.161 e. The van der Waals surface area contributed by atoms with Crippen molar-refractivity contribution in [2.24, 2.45) is 0 Å². The Labute approximate surface area is 146 Å². The molecule has 0 unspecified atom stereocenters. The third kappa shape index (κ3) is 11.7. The number of nitrogens with zero attached hydrogens (tertiary/aromatic N) is 3. The van der Waals surface area contributed by atoms with Crippen LogP contribution in [0.5, 0.6) is 0 Å². The number of rotatable bonds is 16. The molecule has 0 aliphatic rings. The van der Waals surface area contributed by atoms with Gasteiger partial charge in [0.05, 0.1) is 6.33 Å². The quantitative estimate of drug-likeness (QED) is 0.331. The van der Waals surface area contributed by atoms with E-state index in [0.717, 1.165) is 19.8 Å². The van der Waals surface area contributed by atoms with Gasteiger partial charge >= 0.3 is 0 Å². The largest absolute Gasteiger partial charge is 0.424 e. The number of hydrogen-bond donors (Lipinski definition) is 0. The first-order valence-corrected chi connectivity index (χ1v) is 12.4. The van der Waals surface area contributed by atoms with Crippen LogP contribution in [0.15, 0.2) is 18.7 Å². The maximum atomic E-state index is 5.57. The SMILES string of the molecule is CCO[SiH2]CCCN(CCC[SiH2]OCC)CCCn1ccnc1.